The van der Waals surface area contributed by atoms with E-state index in [0.717, 1.165) is 12.0 Å². The van der Waals surface area contributed by atoms with E-state index >= 15 is 0 Å². The lowest BCUT2D eigenvalue weighted by Gasteiger charge is -2.28. The Morgan fingerprint density at radius 1 is 1.50 bits per heavy atom. The lowest BCUT2D eigenvalue weighted by atomic mass is 10.0. The summed E-state index contributed by atoms with van der Waals surface area (Å²) in [5, 5.41) is 11.7. The number of rotatable bonds is 2. The molecule has 2 rings (SSSR count). The van der Waals surface area contributed by atoms with Crippen molar-refractivity contribution in [2.24, 2.45) is 5.92 Å². The minimum absolute atomic E-state index is 0.166. The molecular formula is C12H18N2O4. The van der Waals surface area contributed by atoms with E-state index in [1.165, 1.54) is 0 Å². The molecule has 6 heteroatoms. The molecule has 0 spiro atoms. The number of carbonyl (C=O) groups excluding carboxylic acids is 1. The minimum Gasteiger partial charge on any atom is -0.481 e. The van der Waals surface area contributed by atoms with Crippen LogP contribution in [0.1, 0.15) is 13.3 Å². The highest BCUT2D eigenvalue weighted by Gasteiger charge is 2.35. The average molecular weight is 254 g/mol. The fourth-order valence-electron chi connectivity index (χ4n) is 2.27. The smallest absolute Gasteiger partial charge is 0.318 e. The van der Waals surface area contributed by atoms with Crippen LogP contribution in [0.2, 0.25) is 0 Å². The summed E-state index contributed by atoms with van der Waals surface area (Å²) >= 11 is 0. The molecule has 1 saturated heterocycles. The molecule has 2 N–H and O–H groups in total. The lowest BCUT2D eigenvalue weighted by molar-refractivity contribution is -0.142. The number of amides is 2. The summed E-state index contributed by atoms with van der Waals surface area (Å²) < 4.78 is 5.11. The van der Waals surface area contributed by atoms with E-state index in [9.17, 15) is 9.59 Å². The zero-order valence-electron chi connectivity index (χ0n) is 10.4. The van der Waals surface area contributed by atoms with Crippen LogP contribution in [0.25, 0.3) is 0 Å². The third-order valence-electron chi connectivity index (χ3n) is 3.33. The van der Waals surface area contributed by atoms with Crippen molar-refractivity contribution in [3.05, 3.63) is 11.6 Å². The summed E-state index contributed by atoms with van der Waals surface area (Å²) in [4.78, 5) is 24.7. The number of carboxylic acids is 1. The van der Waals surface area contributed by atoms with Crippen molar-refractivity contribution >= 4 is 12.0 Å². The summed E-state index contributed by atoms with van der Waals surface area (Å²) in [7, 11) is 0. The van der Waals surface area contributed by atoms with Gasteiger partial charge in [0.05, 0.1) is 19.3 Å². The van der Waals surface area contributed by atoms with Crippen LogP contribution >= 0.6 is 0 Å². The van der Waals surface area contributed by atoms with E-state index in [2.05, 4.69) is 11.4 Å². The van der Waals surface area contributed by atoms with Crippen LogP contribution < -0.4 is 5.32 Å². The highest BCUT2D eigenvalue weighted by Crippen LogP contribution is 2.15. The van der Waals surface area contributed by atoms with E-state index in [1.54, 1.807) is 4.90 Å². The maximum absolute atomic E-state index is 12.0. The van der Waals surface area contributed by atoms with E-state index in [4.69, 9.17) is 9.84 Å². The first kappa shape index (κ1) is 12.9. The maximum atomic E-state index is 12.0. The van der Waals surface area contributed by atoms with Gasteiger partial charge in [0.15, 0.2) is 0 Å². The molecule has 2 aliphatic rings. The molecule has 0 bridgehead atoms. The fraction of sp³-hybridized carbons (Fsp3) is 0.667. The van der Waals surface area contributed by atoms with E-state index in [1.807, 2.05) is 6.92 Å². The Morgan fingerprint density at radius 3 is 2.94 bits per heavy atom. The SMILES string of the molecule is CC1=CCCN(C(=O)NC2COCC2C(=O)O)C1. The highest BCUT2D eigenvalue weighted by atomic mass is 16.5. The molecule has 0 aliphatic carbocycles. The number of hydrogen-bond donors (Lipinski definition) is 2. The number of carboxylic acid groups (broad SMARTS) is 1. The number of hydrogen-bond acceptors (Lipinski definition) is 3. The second-order valence-corrected chi connectivity index (χ2v) is 4.80. The van der Waals surface area contributed by atoms with Gasteiger partial charge in [-0.3, -0.25) is 4.79 Å². The van der Waals surface area contributed by atoms with Crippen LogP contribution in [-0.2, 0) is 9.53 Å². The number of aliphatic carboxylic acids is 1. The molecule has 6 nitrogen and oxygen atoms in total. The van der Waals surface area contributed by atoms with Crippen LogP contribution in [0, 0.1) is 5.92 Å². The van der Waals surface area contributed by atoms with Gasteiger partial charge in [0.2, 0.25) is 0 Å². The van der Waals surface area contributed by atoms with E-state index in [0.29, 0.717) is 13.1 Å². The highest BCUT2D eigenvalue weighted by molar-refractivity contribution is 5.77. The van der Waals surface area contributed by atoms with Crippen molar-refractivity contribution in [1.82, 2.24) is 10.2 Å². The molecule has 0 aromatic heterocycles. The number of nitrogens with zero attached hydrogens (tertiary/aromatic N) is 1. The molecule has 0 saturated carbocycles. The van der Waals surface area contributed by atoms with Crippen molar-refractivity contribution in [2.75, 3.05) is 26.3 Å². The Kier molecular flexibility index (Phi) is 3.86. The fourth-order valence-corrected chi connectivity index (χ4v) is 2.27. The van der Waals surface area contributed by atoms with E-state index < -0.39 is 17.9 Å². The predicted molar refractivity (Wildman–Crippen MR) is 64.2 cm³/mol. The van der Waals surface area contributed by atoms with Gasteiger partial charge in [-0.15, -0.1) is 0 Å². The van der Waals surface area contributed by atoms with Crippen LogP contribution in [0.3, 0.4) is 0 Å². The Balaban J connectivity index is 1.91. The van der Waals surface area contributed by atoms with Crippen molar-refractivity contribution < 1.29 is 19.4 Å². The first-order valence-electron chi connectivity index (χ1n) is 6.09. The quantitative estimate of drug-likeness (QED) is 0.701. The summed E-state index contributed by atoms with van der Waals surface area (Å²) in [6.07, 6.45) is 2.96. The van der Waals surface area contributed by atoms with Crippen molar-refractivity contribution in [2.45, 2.75) is 19.4 Å². The van der Waals surface area contributed by atoms with Gasteiger partial charge in [0.25, 0.3) is 0 Å². The Labute approximate surface area is 106 Å². The number of nitrogens with one attached hydrogen (secondary N) is 1. The zero-order chi connectivity index (χ0) is 13.1. The second-order valence-electron chi connectivity index (χ2n) is 4.80. The monoisotopic (exact) mass is 254 g/mol. The van der Waals surface area contributed by atoms with Crippen LogP contribution in [0.15, 0.2) is 11.6 Å². The molecule has 0 aromatic carbocycles. The van der Waals surface area contributed by atoms with Crippen molar-refractivity contribution in [3.8, 4) is 0 Å². The lowest BCUT2D eigenvalue weighted by Crippen LogP contribution is -2.50. The molecule has 2 unspecified atom stereocenters. The molecule has 2 amide bonds. The summed E-state index contributed by atoms with van der Waals surface area (Å²) in [5.41, 5.74) is 1.16. The molecule has 2 heterocycles. The van der Waals surface area contributed by atoms with Crippen LogP contribution in [-0.4, -0.2) is 54.4 Å². The Bertz CT molecular complexity index is 380. The molecular weight excluding hydrogens is 236 g/mol. The van der Waals surface area contributed by atoms with Gasteiger partial charge in [0, 0.05) is 13.1 Å². The number of ether oxygens (including phenoxy) is 1. The van der Waals surface area contributed by atoms with Gasteiger partial charge < -0.3 is 20.1 Å². The molecule has 0 radical (unpaired) electrons. The molecule has 18 heavy (non-hydrogen) atoms. The second kappa shape index (κ2) is 5.39. The topological polar surface area (TPSA) is 78.9 Å². The average Bonchev–Trinajstić information content (AvgIpc) is 2.77. The number of urea groups is 1. The standard InChI is InChI=1S/C12H18N2O4/c1-8-3-2-4-14(5-8)12(17)13-10-7-18-6-9(10)11(15)16/h3,9-10H,2,4-7H2,1H3,(H,13,17)(H,15,16). The zero-order valence-corrected chi connectivity index (χ0v) is 10.4. The molecule has 1 fully saturated rings. The normalized spacial score (nSPS) is 27.8. The largest absolute Gasteiger partial charge is 0.481 e. The predicted octanol–water partition coefficient (Wildman–Crippen LogP) is 0.448. The number of carbonyl (C=O) groups is 2. The van der Waals surface area contributed by atoms with Gasteiger partial charge in [-0.05, 0) is 13.3 Å². The first-order valence-corrected chi connectivity index (χ1v) is 6.09. The van der Waals surface area contributed by atoms with Crippen LogP contribution in [0.5, 0.6) is 0 Å². The third-order valence-corrected chi connectivity index (χ3v) is 3.33. The molecule has 2 aliphatic heterocycles. The molecule has 0 aromatic rings. The summed E-state index contributed by atoms with van der Waals surface area (Å²) in [5.74, 6) is -1.57. The Hall–Kier alpha value is -1.56. The van der Waals surface area contributed by atoms with Gasteiger partial charge >= 0.3 is 12.0 Å². The van der Waals surface area contributed by atoms with E-state index in [-0.39, 0.29) is 19.2 Å². The molecule has 100 valence electrons. The first-order chi connectivity index (χ1) is 8.58. The minimum atomic E-state index is -0.924. The Morgan fingerprint density at radius 2 is 2.28 bits per heavy atom. The van der Waals surface area contributed by atoms with Crippen molar-refractivity contribution in [3.63, 3.8) is 0 Å². The summed E-state index contributed by atoms with van der Waals surface area (Å²) in [6, 6.07) is -0.634. The summed E-state index contributed by atoms with van der Waals surface area (Å²) in [6.45, 7) is 3.70. The van der Waals surface area contributed by atoms with Gasteiger partial charge in [-0.1, -0.05) is 11.6 Å². The van der Waals surface area contributed by atoms with Gasteiger partial charge in [0.1, 0.15) is 5.92 Å². The van der Waals surface area contributed by atoms with Gasteiger partial charge in [-0.2, -0.15) is 0 Å². The van der Waals surface area contributed by atoms with Crippen molar-refractivity contribution in [1.29, 1.82) is 0 Å². The maximum Gasteiger partial charge on any atom is 0.318 e. The van der Waals surface area contributed by atoms with Gasteiger partial charge in [-0.25, -0.2) is 4.79 Å². The van der Waals surface area contributed by atoms with Crippen LogP contribution in [0.4, 0.5) is 4.79 Å². The molecule has 2 atom stereocenters. The third kappa shape index (κ3) is 2.81.